The number of nitrogens with zero attached hydrogens (tertiary/aromatic N) is 2. The molecule has 6 nitrogen and oxygen atoms in total. The van der Waals surface area contributed by atoms with Crippen molar-refractivity contribution in [2.45, 2.75) is 23.8 Å². The lowest BCUT2D eigenvalue weighted by atomic mass is 10.0. The molecule has 1 aromatic carbocycles. The van der Waals surface area contributed by atoms with Gasteiger partial charge in [-0.1, -0.05) is 0 Å². The minimum Gasteiger partial charge on any atom is -0.497 e. The van der Waals surface area contributed by atoms with Gasteiger partial charge in [0.25, 0.3) is 0 Å². The molecule has 1 aliphatic heterocycles. The molecule has 1 aliphatic rings. The van der Waals surface area contributed by atoms with E-state index in [4.69, 9.17) is 9.47 Å². The number of sulfonamides is 1. The fourth-order valence-corrected chi connectivity index (χ4v) is 4.76. The van der Waals surface area contributed by atoms with Crippen molar-refractivity contribution < 1.29 is 22.3 Å². The number of benzene rings is 1. The van der Waals surface area contributed by atoms with Crippen molar-refractivity contribution in [1.29, 1.82) is 0 Å². The third-order valence-electron chi connectivity index (χ3n) is 4.29. The SMILES string of the molecule is COc1ccc(OC)c([C@@H]2CCCN2S(=O)(=O)c2cncc(F)c2)c1. The molecule has 0 unspecified atom stereocenters. The van der Waals surface area contributed by atoms with Crippen molar-refractivity contribution >= 4 is 10.0 Å². The molecule has 1 atom stereocenters. The first kappa shape index (κ1) is 17.6. The molecule has 0 spiro atoms. The molecule has 25 heavy (non-hydrogen) atoms. The second-order valence-corrected chi connectivity index (χ2v) is 7.61. The predicted octanol–water partition coefficient (Wildman–Crippen LogP) is 2.76. The molecule has 0 bridgehead atoms. The van der Waals surface area contributed by atoms with Gasteiger partial charge >= 0.3 is 0 Å². The Labute approximate surface area is 146 Å². The van der Waals surface area contributed by atoms with Crippen LogP contribution in [0.2, 0.25) is 0 Å². The largest absolute Gasteiger partial charge is 0.497 e. The molecule has 3 rings (SSSR count). The monoisotopic (exact) mass is 366 g/mol. The second kappa shape index (κ2) is 6.97. The Balaban J connectivity index is 2.04. The smallest absolute Gasteiger partial charge is 0.245 e. The maximum absolute atomic E-state index is 13.4. The molecule has 1 aromatic heterocycles. The molecule has 1 saturated heterocycles. The number of pyridine rings is 1. The van der Waals surface area contributed by atoms with Gasteiger partial charge in [0.05, 0.1) is 26.5 Å². The van der Waals surface area contributed by atoms with Crippen molar-refractivity contribution in [2.24, 2.45) is 0 Å². The normalized spacial score (nSPS) is 18.3. The number of methoxy groups -OCH3 is 2. The standard InChI is InChI=1S/C17H19FN2O4S/c1-23-13-5-6-17(24-2)15(9-13)16-4-3-7-20(16)25(21,22)14-8-12(18)10-19-11-14/h5-6,8-11,16H,3-4,7H2,1-2H3/t16-/m0/s1. The van der Waals surface area contributed by atoms with Crippen molar-refractivity contribution in [3.63, 3.8) is 0 Å². The highest BCUT2D eigenvalue weighted by Gasteiger charge is 2.38. The van der Waals surface area contributed by atoms with E-state index in [0.29, 0.717) is 30.9 Å². The lowest BCUT2D eigenvalue weighted by Crippen LogP contribution is -2.31. The molecule has 8 heteroatoms. The highest BCUT2D eigenvalue weighted by molar-refractivity contribution is 7.89. The van der Waals surface area contributed by atoms with Gasteiger partial charge in [-0.2, -0.15) is 4.31 Å². The molecule has 2 heterocycles. The molecule has 134 valence electrons. The third-order valence-corrected chi connectivity index (χ3v) is 6.16. The van der Waals surface area contributed by atoms with E-state index in [-0.39, 0.29) is 4.90 Å². The molecule has 0 radical (unpaired) electrons. The first-order chi connectivity index (χ1) is 12.0. The average Bonchev–Trinajstić information content (AvgIpc) is 3.11. The molecule has 0 saturated carbocycles. The Morgan fingerprint density at radius 3 is 2.68 bits per heavy atom. The number of hydrogen-bond acceptors (Lipinski definition) is 5. The zero-order valence-electron chi connectivity index (χ0n) is 14.0. The second-order valence-electron chi connectivity index (χ2n) is 5.72. The van der Waals surface area contributed by atoms with Gasteiger partial charge in [-0.15, -0.1) is 0 Å². The van der Waals surface area contributed by atoms with Crippen LogP contribution in [0.15, 0.2) is 41.6 Å². The number of rotatable bonds is 5. The number of halogens is 1. The number of ether oxygens (including phenoxy) is 2. The highest BCUT2D eigenvalue weighted by Crippen LogP contribution is 2.41. The Bertz CT molecular complexity index is 873. The first-order valence-corrected chi connectivity index (χ1v) is 9.25. The van der Waals surface area contributed by atoms with Crippen LogP contribution in [0.1, 0.15) is 24.4 Å². The van der Waals surface area contributed by atoms with E-state index in [9.17, 15) is 12.8 Å². The van der Waals surface area contributed by atoms with Crippen LogP contribution in [0.5, 0.6) is 11.5 Å². The van der Waals surface area contributed by atoms with Crippen LogP contribution in [0, 0.1) is 5.82 Å². The van der Waals surface area contributed by atoms with Crippen molar-refractivity contribution in [1.82, 2.24) is 9.29 Å². The molecule has 1 fully saturated rings. The molecule has 0 amide bonds. The van der Waals surface area contributed by atoms with E-state index in [1.54, 1.807) is 25.3 Å². The summed E-state index contributed by atoms with van der Waals surface area (Å²) >= 11 is 0. The van der Waals surface area contributed by atoms with Gasteiger partial charge in [-0.05, 0) is 37.1 Å². The number of hydrogen-bond donors (Lipinski definition) is 0. The molecular weight excluding hydrogens is 347 g/mol. The molecule has 0 N–H and O–H groups in total. The van der Waals surface area contributed by atoms with E-state index in [2.05, 4.69) is 4.98 Å². The van der Waals surface area contributed by atoms with E-state index < -0.39 is 21.9 Å². The minimum atomic E-state index is -3.87. The van der Waals surface area contributed by atoms with Gasteiger partial charge in [0, 0.05) is 18.3 Å². The highest BCUT2D eigenvalue weighted by atomic mass is 32.2. The quantitative estimate of drug-likeness (QED) is 0.814. The summed E-state index contributed by atoms with van der Waals surface area (Å²) in [5, 5.41) is 0. The van der Waals surface area contributed by atoms with Gasteiger partial charge in [0.1, 0.15) is 22.2 Å². The van der Waals surface area contributed by atoms with Gasteiger partial charge in [-0.3, -0.25) is 4.98 Å². The van der Waals surface area contributed by atoms with Crippen LogP contribution >= 0.6 is 0 Å². The lowest BCUT2D eigenvalue weighted by Gasteiger charge is -2.26. The van der Waals surface area contributed by atoms with Crippen molar-refractivity contribution in [2.75, 3.05) is 20.8 Å². The van der Waals surface area contributed by atoms with E-state index in [1.165, 1.54) is 11.4 Å². The molecular formula is C17H19FN2O4S. The zero-order valence-corrected chi connectivity index (χ0v) is 14.8. The van der Waals surface area contributed by atoms with Crippen molar-refractivity contribution in [3.05, 3.63) is 48.0 Å². The summed E-state index contributed by atoms with van der Waals surface area (Å²) in [6, 6.07) is 5.87. The summed E-state index contributed by atoms with van der Waals surface area (Å²) in [7, 11) is -0.783. The average molecular weight is 366 g/mol. The Morgan fingerprint density at radius 1 is 1.20 bits per heavy atom. The summed E-state index contributed by atoms with van der Waals surface area (Å²) < 4.78 is 51.4. The van der Waals surface area contributed by atoms with E-state index in [0.717, 1.165) is 24.0 Å². The zero-order chi connectivity index (χ0) is 18.0. The van der Waals surface area contributed by atoms with E-state index >= 15 is 0 Å². The lowest BCUT2D eigenvalue weighted by molar-refractivity contribution is 0.361. The molecule has 0 aliphatic carbocycles. The fraction of sp³-hybridized carbons (Fsp3) is 0.353. The van der Waals surface area contributed by atoms with Gasteiger partial charge in [0.15, 0.2) is 0 Å². The topological polar surface area (TPSA) is 68.7 Å². The van der Waals surface area contributed by atoms with Crippen LogP contribution in [0.25, 0.3) is 0 Å². The van der Waals surface area contributed by atoms with Crippen LogP contribution in [-0.2, 0) is 10.0 Å². The first-order valence-electron chi connectivity index (χ1n) is 7.81. The van der Waals surface area contributed by atoms with Crippen LogP contribution in [-0.4, -0.2) is 38.5 Å². The third kappa shape index (κ3) is 3.32. The van der Waals surface area contributed by atoms with Crippen LogP contribution in [0.4, 0.5) is 4.39 Å². The van der Waals surface area contributed by atoms with Gasteiger partial charge in [0.2, 0.25) is 10.0 Å². The summed E-state index contributed by atoms with van der Waals surface area (Å²) in [6.45, 7) is 0.351. The fourth-order valence-electron chi connectivity index (χ4n) is 3.11. The Hall–Kier alpha value is -2.19. The Morgan fingerprint density at radius 2 is 2.00 bits per heavy atom. The maximum Gasteiger partial charge on any atom is 0.245 e. The summed E-state index contributed by atoms with van der Waals surface area (Å²) in [5.41, 5.74) is 0.729. The number of aromatic nitrogens is 1. The van der Waals surface area contributed by atoms with Crippen molar-refractivity contribution in [3.8, 4) is 11.5 Å². The summed E-state index contributed by atoms with van der Waals surface area (Å²) in [6.07, 6.45) is 3.49. The van der Waals surface area contributed by atoms with Gasteiger partial charge in [-0.25, -0.2) is 12.8 Å². The maximum atomic E-state index is 13.4. The van der Waals surface area contributed by atoms with Crippen LogP contribution < -0.4 is 9.47 Å². The van der Waals surface area contributed by atoms with Gasteiger partial charge < -0.3 is 9.47 Å². The minimum absolute atomic E-state index is 0.152. The summed E-state index contributed by atoms with van der Waals surface area (Å²) in [5.74, 6) is 0.522. The van der Waals surface area contributed by atoms with E-state index in [1.807, 2.05) is 0 Å². The Kier molecular flexibility index (Phi) is 4.91. The predicted molar refractivity (Wildman–Crippen MR) is 89.6 cm³/mol. The summed E-state index contributed by atoms with van der Waals surface area (Å²) in [4.78, 5) is 3.50. The van der Waals surface area contributed by atoms with Crippen LogP contribution in [0.3, 0.4) is 0 Å². The molecule has 2 aromatic rings.